The molecule has 4 heteroatoms. The van der Waals surface area contributed by atoms with Gasteiger partial charge < -0.3 is 9.84 Å². The molecule has 0 aliphatic heterocycles. The Kier molecular flexibility index (Phi) is 5.83. The van der Waals surface area contributed by atoms with Crippen LogP contribution in [0, 0.1) is 40.4 Å². The van der Waals surface area contributed by atoms with Crippen LogP contribution in [0.3, 0.4) is 0 Å². The number of ether oxygens (including phenoxy) is 1. The van der Waals surface area contributed by atoms with Gasteiger partial charge in [0.2, 0.25) is 0 Å². The minimum Gasteiger partial charge on any atom is -0.481 e. The molecule has 8 atom stereocenters. The van der Waals surface area contributed by atoms with Crippen molar-refractivity contribution in [1.82, 2.24) is 0 Å². The number of esters is 1. The van der Waals surface area contributed by atoms with E-state index >= 15 is 0 Å². The Morgan fingerprint density at radius 3 is 2.63 bits per heavy atom. The van der Waals surface area contributed by atoms with E-state index in [1.165, 1.54) is 39.0 Å². The van der Waals surface area contributed by atoms with Gasteiger partial charge in [0.1, 0.15) is 6.10 Å². The molecule has 0 aromatic heterocycles. The van der Waals surface area contributed by atoms with Crippen LogP contribution in [0.15, 0.2) is 11.6 Å². The van der Waals surface area contributed by atoms with Crippen molar-refractivity contribution >= 4 is 11.9 Å². The molecule has 4 aliphatic rings. The number of carbonyl (C=O) groups excluding carboxylic acids is 1. The van der Waals surface area contributed by atoms with E-state index < -0.39 is 5.97 Å². The molecule has 3 fully saturated rings. The quantitative estimate of drug-likeness (QED) is 0.441. The Morgan fingerprint density at radius 2 is 1.93 bits per heavy atom. The third-order valence-electron chi connectivity index (χ3n) is 9.97. The van der Waals surface area contributed by atoms with Gasteiger partial charge in [-0.05, 0) is 91.8 Å². The molecule has 0 saturated heterocycles. The smallest absolute Gasteiger partial charge is 0.303 e. The van der Waals surface area contributed by atoms with Gasteiger partial charge in [-0.25, -0.2) is 0 Å². The Bertz CT molecular complexity index is 727. The van der Waals surface area contributed by atoms with Crippen LogP contribution in [0.4, 0.5) is 0 Å². The zero-order chi connectivity index (χ0) is 21.7. The van der Waals surface area contributed by atoms with Crippen molar-refractivity contribution in [3.05, 3.63) is 11.6 Å². The maximum atomic E-state index is 11.4. The molecule has 0 radical (unpaired) electrons. The summed E-state index contributed by atoms with van der Waals surface area (Å²) >= 11 is 0. The van der Waals surface area contributed by atoms with Crippen molar-refractivity contribution in [3.8, 4) is 0 Å². The lowest BCUT2D eigenvalue weighted by Crippen LogP contribution is -2.51. The Balaban J connectivity index is 1.51. The summed E-state index contributed by atoms with van der Waals surface area (Å²) in [6.07, 6.45) is 13.1. The van der Waals surface area contributed by atoms with Crippen LogP contribution < -0.4 is 0 Å². The first-order chi connectivity index (χ1) is 14.1. The average molecular weight is 417 g/mol. The number of allylic oxidation sites excluding steroid dienone is 1. The number of carboxylic acid groups (broad SMARTS) is 1. The predicted molar refractivity (Wildman–Crippen MR) is 117 cm³/mol. The SMILES string of the molecule is CC(=O)O[C@@H]1CC[C@@]2(C)C(=CC[C@H]3[C@@H]4CC[C@H]([C@@H](C)CCC(=O)O)[C@@]4(C)CC[C@@H]32)C1. The van der Waals surface area contributed by atoms with E-state index in [-0.39, 0.29) is 17.5 Å². The molecule has 4 rings (SSSR count). The van der Waals surface area contributed by atoms with Crippen LogP contribution >= 0.6 is 0 Å². The fourth-order valence-electron chi connectivity index (χ4n) is 8.49. The summed E-state index contributed by atoms with van der Waals surface area (Å²) in [5.41, 5.74) is 2.19. The molecule has 0 amide bonds. The summed E-state index contributed by atoms with van der Waals surface area (Å²) in [6.45, 7) is 8.84. The molecule has 3 saturated carbocycles. The van der Waals surface area contributed by atoms with Crippen molar-refractivity contribution in [2.24, 2.45) is 40.4 Å². The molecule has 1 N–H and O–H groups in total. The number of hydrogen-bond acceptors (Lipinski definition) is 3. The summed E-state index contributed by atoms with van der Waals surface area (Å²) in [6, 6.07) is 0. The molecule has 168 valence electrons. The topological polar surface area (TPSA) is 63.6 Å². The number of hydrogen-bond donors (Lipinski definition) is 1. The lowest BCUT2D eigenvalue weighted by Gasteiger charge is -2.58. The Hall–Kier alpha value is -1.32. The Labute approximate surface area is 181 Å². The molecule has 0 aromatic carbocycles. The minimum atomic E-state index is -0.660. The zero-order valence-corrected chi connectivity index (χ0v) is 19.3. The van der Waals surface area contributed by atoms with Gasteiger partial charge in [-0.1, -0.05) is 32.4 Å². The normalized spacial score (nSPS) is 43.6. The van der Waals surface area contributed by atoms with Gasteiger partial charge in [-0.3, -0.25) is 9.59 Å². The van der Waals surface area contributed by atoms with E-state index in [4.69, 9.17) is 9.84 Å². The molecule has 4 nitrogen and oxygen atoms in total. The Morgan fingerprint density at radius 1 is 1.17 bits per heavy atom. The molecular weight excluding hydrogens is 376 g/mol. The molecule has 0 bridgehead atoms. The van der Waals surface area contributed by atoms with E-state index in [1.54, 1.807) is 5.57 Å². The first-order valence-corrected chi connectivity index (χ1v) is 12.2. The zero-order valence-electron chi connectivity index (χ0n) is 19.3. The highest BCUT2D eigenvalue weighted by Gasteiger charge is 2.59. The average Bonchev–Trinajstić information content (AvgIpc) is 3.03. The minimum absolute atomic E-state index is 0.0678. The lowest BCUT2D eigenvalue weighted by atomic mass is 9.47. The third-order valence-corrected chi connectivity index (χ3v) is 9.97. The fraction of sp³-hybridized carbons (Fsp3) is 0.846. The van der Waals surface area contributed by atoms with E-state index in [2.05, 4.69) is 26.8 Å². The van der Waals surface area contributed by atoms with E-state index in [0.717, 1.165) is 43.4 Å². The highest BCUT2D eigenvalue weighted by molar-refractivity contribution is 5.66. The molecule has 0 aromatic rings. The van der Waals surface area contributed by atoms with Crippen LogP contribution in [0.5, 0.6) is 0 Å². The molecular formula is C26H40O4. The van der Waals surface area contributed by atoms with Crippen LogP contribution in [0.25, 0.3) is 0 Å². The highest BCUT2D eigenvalue weighted by atomic mass is 16.5. The van der Waals surface area contributed by atoms with Crippen LogP contribution in [0.1, 0.15) is 91.9 Å². The monoisotopic (exact) mass is 416 g/mol. The first kappa shape index (κ1) is 21.9. The van der Waals surface area contributed by atoms with Crippen LogP contribution in [0.2, 0.25) is 0 Å². The van der Waals surface area contributed by atoms with Crippen molar-refractivity contribution in [2.45, 2.75) is 98.0 Å². The number of carbonyl (C=O) groups is 2. The third kappa shape index (κ3) is 3.62. The van der Waals surface area contributed by atoms with Crippen molar-refractivity contribution in [3.63, 3.8) is 0 Å². The van der Waals surface area contributed by atoms with Gasteiger partial charge in [0.15, 0.2) is 0 Å². The second kappa shape index (κ2) is 7.98. The van der Waals surface area contributed by atoms with Gasteiger partial charge in [0.05, 0.1) is 0 Å². The number of fused-ring (bicyclic) bond motifs is 5. The summed E-state index contributed by atoms with van der Waals surface area (Å²) in [4.78, 5) is 22.5. The summed E-state index contributed by atoms with van der Waals surface area (Å²) < 4.78 is 5.57. The second-order valence-corrected chi connectivity index (χ2v) is 11.4. The van der Waals surface area contributed by atoms with E-state index in [9.17, 15) is 9.59 Å². The van der Waals surface area contributed by atoms with Gasteiger partial charge in [0, 0.05) is 19.8 Å². The highest BCUT2D eigenvalue weighted by Crippen LogP contribution is 2.67. The summed E-state index contributed by atoms with van der Waals surface area (Å²) in [7, 11) is 0. The maximum Gasteiger partial charge on any atom is 0.303 e. The van der Waals surface area contributed by atoms with Crippen LogP contribution in [-0.4, -0.2) is 23.1 Å². The van der Waals surface area contributed by atoms with Gasteiger partial charge >= 0.3 is 11.9 Å². The van der Waals surface area contributed by atoms with Crippen molar-refractivity contribution in [1.29, 1.82) is 0 Å². The van der Waals surface area contributed by atoms with Gasteiger partial charge in [0.25, 0.3) is 0 Å². The second-order valence-electron chi connectivity index (χ2n) is 11.4. The number of carboxylic acids is 1. The largest absolute Gasteiger partial charge is 0.481 e. The van der Waals surface area contributed by atoms with Gasteiger partial charge in [-0.2, -0.15) is 0 Å². The summed E-state index contributed by atoms with van der Waals surface area (Å²) in [5.74, 6) is 2.64. The van der Waals surface area contributed by atoms with Crippen molar-refractivity contribution in [2.75, 3.05) is 0 Å². The maximum absolute atomic E-state index is 11.4. The standard InChI is InChI=1S/C26H40O4/c1-16(5-10-24(28)29)21-8-9-22-20-7-6-18-15-19(30-17(2)27)11-13-25(18,3)23(20)12-14-26(21,22)4/h6,16,19-23H,5,7-15H2,1-4H3,(H,28,29)/t16-,19+,20-,21+,22-,23-,25-,26+/m0/s1. The van der Waals surface area contributed by atoms with Crippen LogP contribution in [-0.2, 0) is 14.3 Å². The fourth-order valence-corrected chi connectivity index (χ4v) is 8.49. The summed E-state index contributed by atoms with van der Waals surface area (Å²) in [5, 5.41) is 9.13. The van der Waals surface area contributed by atoms with Gasteiger partial charge in [-0.15, -0.1) is 0 Å². The molecule has 0 unspecified atom stereocenters. The predicted octanol–water partition coefficient (Wildman–Crippen LogP) is 6.00. The molecule has 4 aliphatic carbocycles. The number of rotatable bonds is 5. The van der Waals surface area contributed by atoms with E-state index in [0.29, 0.717) is 23.7 Å². The van der Waals surface area contributed by atoms with E-state index in [1.807, 2.05) is 0 Å². The molecule has 30 heavy (non-hydrogen) atoms. The number of aliphatic carboxylic acids is 1. The first-order valence-electron chi connectivity index (χ1n) is 12.2. The van der Waals surface area contributed by atoms with Crippen molar-refractivity contribution < 1.29 is 19.4 Å². The lowest BCUT2D eigenvalue weighted by molar-refractivity contribution is -0.148. The molecule has 0 spiro atoms. The molecule has 0 heterocycles.